The fourth-order valence-corrected chi connectivity index (χ4v) is 1.21. The Bertz CT molecular complexity index is 506. The summed E-state index contributed by atoms with van der Waals surface area (Å²) >= 11 is 0. The Morgan fingerprint density at radius 3 is 2.73 bits per heavy atom. The molecular weight excluding hydrogens is 192 g/mol. The molecule has 0 saturated carbocycles. The van der Waals surface area contributed by atoms with Gasteiger partial charge >= 0.3 is 0 Å². The normalized spacial score (nSPS) is 9.93. The van der Waals surface area contributed by atoms with Crippen LogP contribution in [0.1, 0.15) is 5.69 Å². The highest BCUT2D eigenvalue weighted by Crippen LogP contribution is 2.09. The van der Waals surface area contributed by atoms with Crippen molar-refractivity contribution in [3.8, 4) is 0 Å². The number of H-pyrrole nitrogens is 1. The van der Waals surface area contributed by atoms with E-state index < -0.39 is 0 Å². The summed E-state index contributed by atoms with van der Waals surface area (Å²) < 4.78 is 0. The SMILES string of the molecule is Cc1cc(=O)[nH]c(Nc2ccncc2)n1. The predicted octanol–water partition coefficient (Wildman–Crippen LogP) is 1.22. The van der Waals surface area contributed by atoms with Gasteiger partial charge in [0.2, 0.25) is 5.95 Å². The van der Waals surface area contributed by atoms with Gasteiger partial charge in [0.05, 0.1) is 0 Å². The van der Waals surface area contributed by atoms with Gasteiger partial charge in [-0.1, -0.05) is 0 Å². The topological polar surface area (TPSA) is 70.7 Å². The van der Waals surface area contributed by atoms with Crippen LogP contribution in [0.5, 0.6) is 0 Å². The van der Waals surface area contributed by atoms with Crippen molar-refractivity contribution < 1.29 is 0 Å². The van der Waals surface area contributed by atoms with Gasteiger partial charge in [-0.15, -0.1) is 0 Å². The molecule has 0 radical (unpaired) electrons. The third-order valence-electron chi connectivity index (χ3n) is 1.81. The number of hydrogen-bond acceptors (Lipinski definition) is 4. The van der Waals surface area contributed by atoms with Crippen molar-refractivity contribution in [2.45, 2.75) is 6.92 Å². The Hall–Kier alpha value is -2.17. The largest absolute Gasteiger partial charge is 0.326 e. The van der Waals surface area contributed by atoms with E-state index in [0.717, 1.165) is 5.69 Å². The van der Waals surface area contributed by atoms with Crippen LogP contribution in [0.4, 0.5) is 11.6 Å². The molecule has 0 atom stereocenters. The minimum absolute atomic E-state index is 0.168. The van der Waals surface area contributed by atoms with Crippen molar-refractivity contribution in [3.63, 3.8) is 0 Å². The van der Waals surface area contributed by atoms with Crippen LogP contribution in [-0.4, -0.2) is 15.0 Å². The van der Waals surface area contributed by atoms with Gasteiger partial charge in [-0.3, -0.25) is 14.8 Å². The molecule has 2 N–H and O–H groups in total. The molecule has 5 heteroatoms. The second-order valence-electron chi connectivity index (χ2n) is 3.10. The second kappa shape index (κ2) is 3.91. The Morgan fingerprint density at radius 2 is 2.07 bits per heavy atom. The van der Waals surface area contributed by atoms with E-state index in [2.05, 4.69) is 20.3 Å². The van der Waals surface area contributed by atoms with Crippen molar-refractivity contribution in [2.75, 3.05) is 5.32 Å². The van der Waals surface area contributed by atoms with E-state index in [1.165, 1.54) is 6.07 Å². The van der Waals surface area contributed by atoms with E-state index in [1.807, 2.05) is 0 Å². The van der Waals surface area contributed by atoms with Crippen LogP contribution >= 0.6 is 0 Å². The number of rotatable bonds is 2. The van der Waals surface area contributed by atoms with Crippen molar-refractivity contribution >= 4 is 11.6 Å². The molecule has 5 nitrogen and oxygen atoms in total. The molecule has 0 fully saturated rings. The molecule has 0 spiro atoms. The Labute approximate surface area is 86.2 Å². The first-order chi connectivity index (χ1) is 7.24. The Morgan fingerprint density at radius 1 is 1.33 bits per heavy atom. The van der Waals surface area contributed by atoms with E-state index in [-0.39, 0.29) is 5.56 Å². The van der Waals surface area contributed by atoms with Crippen molar-refractivity contribution in [3.05, 3.63) is 46.6 Å². The summed E-state index contributed by atoms with van der Waals surface area (Å²) in [6.07, 6.45) is 3.33. The molecule has 0 aliphatic carbocycles. The molecule has 0 bridgehead atoms. The van der Waals surface area contributed by atoms with Gasteiger partial charge in [0, 0.05) is 29.8 Å². The lowest BCUT2D eigenvalue weighted by Crippen LogP contribution is -2.10. The number of hydrogen-bond donors (Lipinski definition) is 2. The molecule has 0 aromatic carbocycles. The molecule has 0 saturated heterocycles. The molecule has 2 heterocycles. The predicted molar refractivity (Wildman–Crippen MR) is 57.1 cm³/mol. The van der Waals surface area contributed by atoms with E-state index in [4.69, 9.17) is 0 Å². The van der Waals surface area contributed by atoms with Gasteiger partial charge < -0.3 is 5.32 Å². The van der Waals surface area contributed by atoms with Crippen molar-refractivity contribution in [1.29, 1.82) is 0 Å². The van der Waals surface area contributed by atoms with Crippen LogP contribution in [0.15, 0.2) is 35.4 Å². The molecular formula is C10H10N4O. The van der Waals surface area contributed by atoms with E-state index in [0.29, 0.717) is 11.6 Å². The maximum Gasteiger partial charge on any atom is 0.252 e. The summed E-state index contributed by atoms with van der Waals surface area (Å²) in [5.74, 6) is 0.436. The molecule has 76 valence electrons. The lowest BCUT2D eigenvalue weighted by molar-refractivity contribution is 1.07. The number of nitrogens with one attached hydrogen (secondary N) is 2. The first-order valence-electron chi connectivity index (χ1n) is 4.49. The van der Waals surface area contributed by atoms with Crippen LogP contribution in [0.2, 0.25) is 0 Å². The Kier molecular flexibility index (Phi) is 2.45. The fourth-order valence-electron chi connectivity index (χ4n) is 1.21. The third kappa shape index (κ3) is 2.40. The molecule has 2 rings (SSSR count). The summed E-state index contributed by atoms with van der Waals surface area (Å²) in [4.78, 5) is 21.8. The van der Waals surface area contributed by atoms with Gasteiger partial charge in [0.25, 0.3) is 5.56 Å². The highest BCUT2D eigenvalue weighted by Gasteiger charge is 1.97. The lowest BCUT2D eigenvalue weighted by atomic mass is 10.4. The van der Waals surface area contributed by atoms with Crippen LogP contribution in [0.25, 0.3) is 0 Å². The minimum Gasteiger partial charge on any atom is -0.326 e. The molecule has 0 amide bonds. The smallest absolute Gasteiger partial charge is 0.252 e. The molecule has 0 aliphatic heterocycles. The second-order valence-corrected chi connectivity index (χ2v) is 3.10. The van der Waals surface area contributed by atoms with E-state index >= 15 is 0 Å². The first-order valence-corrected chi connectivity index (χ1v) is 4.49. The van der Waals surface area contributed by atoms with E-state index in [9.17, 15) is 4.79 Å². The molecule has 15 heavy (non-hydrogen) atoms. The van der Waals surface area contributed by atoms with Crippen molar-refractivity contribution in [1.82, 2.24) is 15.0 Å². The maximum atomic E-state index is 11.2. The lowest BCUT2D eigenvalue weighted by Gasteiger charge is -2.04. The monoisotopic (exact) mass is 202 g/mol. The first kappa shape index (κ1) is 9.39. The van der Waals surface area contributed by atoms with Gasteiger partial charge in [-0.25, -0.2) is 4.98 Å². The summed E-state index contributed by atoms with van der Waals surface area (Å²) in [5.41, 5.74) is 1.34. The van der Waals surface area contributed by atoms with Crippen LogP contribution in [0.3, 0.4) is 0 Å². The summed E-state index contributed by atoms with van der Waals surface area (Å²) in [5, 5.41) is 2.98. The zero-order valence-electron chi connectivity index (χ0n) is 8.19. The fraction of sp³-hybridized carbons (Fsp3) is 0.100. The van der Waals surface area contributed by atoms with Crippen LogP contribution in [0, 0.1) is 6.92 Å². The number of aryl methyl sites for hydroxylation is 1. The maximum absolute atomic E-state index is 11.2. The number of aromatic nitrogens is 3. The number of aromatic amines is 1. The summed E-state index contributed by atoms with van der Waals surface area (Å²) in [6, 6.07) is 5.03. The number of pyridine rings is 1. The van der Waals surface area contributed by atoms with Crippen molar-refractivity contribution in [2.24, 2.45) is 0 Å². The standard InChI is InChI=1S/C10H10N4O/c1-7-6-9(15)14-10(12-7)13-8-2-4-11-5-3-8/h2-6H,1H3,(H2,11,12,13,14,15). The zero-order valence-corrected chi connectivity index (χ0v) is 8.19. The van der Waals surface area contributed by atoms with Crippen LogP contribution in [-0.2, 0) is 0 Å². The molecule has 0 aliphatic rings. The minimum atomic E-state index is -0.168. The highest BCUT2D eigenvalue weighted by atomic mass is 16.1. The summed E-state index contributed by atoms with van der Waals surface area (Å²) in [6.45, 7) is 1.77. The van der Waals surface area contributed by atoms with Gasteiger partial charge in [0.15, 0.2) is 0 Å². The van der Waals surface area contributed by atoms with Gasteiger partial charge in [-0.2, -0.15) is 0 Å². The average molecular weight is 202 g/mol. The number of anilines is 2. The molecule has 0 unspecified atom stereocenters. The number of nitrogens with zero attached hydrogens (tertiary/aromatic N) is 2. The van der Waals surface area contributed by atoms with Gasteiger partial charge in [-0.05, 0) is 19.1 Å². The highest BCUT2D eigenvalue weighted by molar-refractivity contribution is 5.51. The van der Waals surface area contributed by atoms with Crippen LogP contribution < -0.4 is 10.9 Å². The van der Waals surface area contributed by atoms with Gasteiger partial charge in [0.1, 0.15) is 0 Å². The average Bonchev–Trinajstić information content (AvgIpc) is 2.17. The summed E-state index contributed by atoms with van der Waals surface area (Å²) in [7, 11) is 0. The molecule has 2 aromatic rings. The zero-order chi connectivity index (χ0) is 10.7. The quantitative estimate of drug-likeness (QED) is 0.768. The van der Waals surface area contributed by atoms with E-state index in [1.54, 1.807) is 31.5 Å². The Balaban J connectivity index is 2.29. The third-order valence-corrected chi connectivity index (χ3v) is 1.81. The molecule has 2 aromatic heterocycles.